The summed E-state index contributed by atoms with van der Waals surface area (Å²) in [5.41, 5.74) is 3.46. The van der Waals surface area contributed by atoms with Crippen LogP contribution in [0.1, 0.15) is 30.1 Å². The van der Waals surface area contributed by atoms with E-state index in [9.17, 15) is 9.59 Å². The predicted molar refractivity (Wildman–Crippen MR) is 87.3 cm³/mol. The first kappa shape index (κ1) is 13.1. The molecule has 1 aromatic heterocycles. The third kappa shape index (κ3) is 1.77. The van der Waals surface area contributed by atoms with Gasteiger partial charge < -0.3 is 9.88 Å². The molecule has 0 saturated carbocycles. The Morgan fingerprint density at radius 2 is 1.86 bits per heavy atom. The average Bonchev–Trinajstić information content (AvgIpc) is 2.76. The number of ketones is 1. The fraction of sp³-hybridized carbons (Fsp3) is 0.222. The fourth-order valence-corrected chi connectivity index (χ4v) is 3.34. The van der Waals surface area contributed by atoms with E-state index < -0.39 is 0 Å². The smallest absolute Gasteiger partial charge is 0.224 e. The molecule has 3 aromatic rings. The summed E-state index contributed by atoms with van der Waals surface area (Å²) in [7, 11) is 0. The summed E-state index contributed by atoms with van der Waals surface area (Å²) in [5.74, 6) is -0.0613. The van der Waals surface area contributed by atoms with E-state index in [-0.39, 0.29) is 24.5 Å². The molecule has 2 heterocycles. The molecule has 0 saturated heterocycles. The van der Waals surface area contributed by atoms with E-state index in [0.717, 1.165) is 28.4 Å². The van der Waals surface area contributed by atoms with Gasteiger partial charge in [0.2, 0.25) is 5.91 Å². The number of nitrogens with zero attached hydrogens (tertiary/aromatic N) is 1. The Kier molecular flexibility index (Phi) is 2.79. The molecule has 0 spiro atoms. The maximum absolute atomic E-state index is 12.3. The number of rotatable bonds is 1. The molecular weight excluding hydrogens is 276 g/mol. The molecule has 1 N–H and O–H groups in total. The molecule has 0 unspecified atom stereocenters. The van der Waals surface area contributed by atoms with Crippen LogP contribution >= 0.6 is 0 Å². The number of benzene rings is 2. The van der Waals surface area contributed by atoms with Crippen molar-refractivity contribution in [1.82, 2.24) is 4.57 Å². The largest absolute Gasteiger partial charge is 0.341 e. The number of nitrogens with one attached hydrogen (secondary N) is 1. The van der Waals surface area contributed by atoms with Gasteiger partial charge in [-0.05, 0) is 25.1 Å². The highest BCUT2D eigenvalue weighted by molar-refractivity contribution is 6.16. The van der Waals surface area contributed by atoms with Crippen molar-refractivity contribution in [3.8, 4) is 0 Å². The Bertz CT molecular complexity index is 937. The molecule has 22 heavy (non-hydrogen) atoms. The van der Waals surface area contributed by atoms with E-state index in [4.69, 9.17) is 0 Å². The van der Waals surface area contributed by atoms with Crippen molar-refractivity contribution in [2.45, 2.75) is 26.3 Å². The molecule has 110 valence electrons. The number of hydrogen-bond donors (Lipinski definition) is 1. The molecule has 0 atom stereocenters. The van der Waals surface area contributed by atoms with Crippen LogP contribution in [0.2, 0.25) is 0 Å². The van der Waals surface area contributed by atoms with E-state index >= 15 is 0 Å². The lowest BCUT2D eigenvalue weighted by Crippen LogP contribution is -2.09. The van der Waals surface area contributed by atoms with Crippen molar-refractivity contribution in [3.05, 3.63) is 42.0 Å². The number of fused-ring (bicyclic) bond motifs is 4. The van der Waals surface area contributed by atoms with Gasteiger partial charge in [0.05, 0.1) is 5.69 Å². The van der Waals surface area contributed by atoms with E-state index in [1.54, 1.807) is 0 Å². The third-order valence-corrected chi connectivity index (χ3v) is 4.38. The summed E-state index contributed by atoms with van der Waals surface area (Å²) in [5, 5.41) is 5.09. The van der Waals surface area contributed by atoms with Gasteiger partial charge in [0.1, 0.15) is 0 Å². The van der Waals surface area contributed by atoms with Gasteiger partial charge in [-0.1, -0.05) is 18.2 Å². The maximum atomic E-state index is 12.3. The number of Topliss-reactive ketones (excluding diaryl/α,β-unsaturated/α-hetero) is 1. The highest BCUT2D eigenvalue weighted by Gasteiger charge is 2.22. The fourth-order valence-electron chi connectivity index (χ4n) is 3.34. The Balaban J connectivity index is 2.12. The third-order valence-electron chi connectivity index (χ3n) is 4.38. The zero-order valence-electron chi connectivity index (χ0n) is 12.3. The molecule has 0 bridgehead atoms. The minimum Gasteiger partial charge on any atom is -0.341 e. The number of carbonyl (C=O) groups is 2. The van der Waals surface area contributed by atoms with Gasteiger partial charge in [-0.15, -0.1) is 0 Å². The quantitative estimate of drug-likeness (QED) is 0.743. The molecule has 2 aromatic carbocycles. The molecule has 1 amide bonds. The van der Waals surface area contributed by atoms with Crippen molar-refractivity contribution in [2.24, 2.45) is 0 Å². The minimum absolute atomic E-state index is 0.0307. The van der Waals surface area contributed by atoms with E-state index in [2.05, 4.69) is 28.9 Å². The second kappa shape index (κ2) is 4.70. The van der Waals surface area contributed by atoms with E-state index in [1.165, 1.54) is 0 Å². The predicted octanol–water partition coefficient (Wildman–Crippen LogP) is 3.73. The van der Waals surface area contributed by atoms with Crippen LogP contribution in [0.25, 0.3) is 21.8 Å². The average molecular weight is 292 g/mol. The van der Waals surface area contributed by atoms with E-state index in [0.29, 0.717) is 11.3 Å². The van der Waals surface area contributed by atoms with Crippen molar-refractivity contribution in [2.75, 3.05) is 5.32 Å². The van der Waals surface area contributed by atoms with Gasteiger partial charge in [-0.2, -0.15) is 0 Å². The van der Waals surface area contributed by atoms with Crippen LogP contribution < -0.4 is 5.32 Å². The Morgan fingerprint density at radius 3 is 2.68 bits per heavy atom. The topological polar surface area (TPSA) is 51.1 Å². The molecule has 0 radical (unpaired) electrons. The van der Waals surface area contributed by atoms with Crippen LogP contribution in [0.5, 0.6) is 0 Å². The van der Waals surface area contributed by atoms with Crippen molar-refractivity contribution in [3.63, 3.8) is 0 Å². The first-order valence-corrected chi connectivity index (χ1v) is 7.57. The SMILES string of the molecule is CCn1c2ccccc2c2cc3c(cc21)C(=O)CCC(=O)N3. The highest BCUT2D eigenvalue weighted by Crippen LogP contribution is 2.34. The van der Waals surface area contributed by atoms with Gasteiger partial charge in [0.25, 0.3) is 0 Å². The Morgan fingerprint density at radius 1 is 1.05 bits per heavy atom. The van der Waals surface area contributed by atoms with Crippen LogP contribution in [-0.2, 0) is 11.3 Å². The molecule has 0 aliphatic carbocycles. The zero-order chi connectivity index (χ0) is 15.3. The molecule has 4 nitrogen and oxygen atoms in total. The summed E-state index contributed by atoms with van der Waals surface area (Å²) in [6.45, 7) is 2.94. The van der Waals surface area contributed by atoms with Gasteiger partial charge in [0, 0.05) is 46.8 Å². The number of hydrogen-bond acceptors (Lipinski definition) is 2. The molecule has 1 aliphatic heterocycles. The second-order valence-electron chi connectivity index (χ2n) is 5.65. The van der Waals surface area contributed by atoms with Gasteiger partial charge in [-0.3, -0.25) is 9.59 Å². The summed E-state index contributed by atoms with van der Waals surface area (Å²) < 4.78 is 2.21. The first-order chi connectivity index (χ1) is 10.7. The maximum Gasteiger partial charge on any atom is 0.224 e. The van der Waals surface area contributed by atoms with Crippen LogP contribution in [0, 0.1) is 0 Å². The zero-order valence-corrected chi connectivity index (χ0v) is 12.3. The van der Waals surface area contributed by atoms with Crippen molar-refractivity contribution < 1.29 is 9.59 Å². The number of carbonyl (C=O) groups excluding carboxylic acids is 2. The van der Waals surface area contributed by atoms with Crippen molar-refractivity contribution in [1.29, 1.82) is 0 Å². The van der Waals surface area contributed by atoms with E-state index in [1.807, 2.05) is 24.3 Å². The molecule has 1 aliphatic rings. The highest BCUT2D eigenvalue weighted by atomic mass is 16.2. The monoisotopic (exact) mass is 292 g/mol. The summed E-state index contributed by atoms with van der Waals surface area (Å²) in [6, 6.07) is 12.1. The minimum atomic E-state index is -0.0920. The number of aryl methyl sites for hydroxylation is 1. The van der Waals surface area contributed by atoms with Crippen molar-refractivity contribution >= 4 is 39.2 Å². The molecule has 0 fully saturated rings. The summed E-state index contributed by atoms with van der Waals surface area (Å²) in [6.07, 6.45) is 0.531. The first-order valence-electron chi connectivity index (χ1n) is 7.57. The molecule has 4 rings (SSSR count). The second-order valence-corrected chi connectivity index (χ2v) is 5.65. The normalized spacial score (nSPS) is 15.0. The summed E-state index contributed by atoms with van der Waals surface area (Å²) in [4.78, 5) is 24.1. The van der Waals surface area contributed by atoms with Crippen LogP contribution in [0.3, 0.4) is 0 Å². The standard InChI is InChI=1S/C18H16N2O2/c1-2-20-15-6-4-3-5-11(15)12-9-14-13(10-16(12)20)17(21)7-8-18(22)19-14/h3-6,9-10H,2,7-8H2,1H3,(H,19,22). The van der Waals surface area contributed by atoms with Crippen LogP contribution in [0.15, 0.2) is 36.4 Å². The number of aromatic nitrogens is 1. The van der Waals surface area contributed by atoms with Crippen LogP contribution in [0.4, 0.5) is 5.69 Å². The number of amides is 1. The van der Waals surface area contributed by atoms with Gasteiger partial charge in [-0.25, -0.2) is 0 Å². The number of anilines is 1. The van der Waals surface area contributed by atoms with Gasteiger partial charge >= 0.3 is 0 Å². The summed E-state index contributed by atoms with van der Waals surface area (Å²) >= 11 is 0. The lowest BCUT2D eigenvalue weighted by Gasteiger charge is -2.08. The van der Waals surface area contributed by atoms with Gasteiger partial charge in [0.15, 0.2) is 5.78 Å². The Labute approximate surface area is 127 Å². The lowest BCUT2D eigenvalue weighted by atomic mass is 10.0. The Hall–Kier alpha value is -2.62. The lowest BCUT2D eigenvalue weighted by molar-refractivity contribution is -0.116. The number of para-hydroxylation sites is 1. The molecular formula is C18H16N2O2. The van der Waals surface area contributed by atoms with Crippen LogP contribution in [-0.4, -0.2) is 16.3 Å². The molecule has 4 heteroatoms.